The Kier molecular flexibility index (Phi) is 5.59. The zero-order valence-electron chi connectivity index (χ0n) is 17.0. The maximum atomic E-state index is 12.5. The molecule has 4 rings (SSSR count). The second kappa shape index (κ2) is 8.49. The lowest BCUT2D eigenvalue weighted by atomic mass is 10.1. The Balaban J connectivity index is 1.58. The van der Waals surface area contributed by atoms with Crippen LogP contribution in [0.3, 0.4) is 0 Å². The van der Waals surface area contributed by atoms with Crippen LogP contribution in [0.4, 0.5) is 5.95 Å². The van der Waals surface area contributed by atoms with Crippen molar-refractivity contribution in [2.24, 2.45) is 7.05 Å². The van der Waals surface area contributed by atoms with Crippen LogP contribution in [0, 0.1) is 0 Å². The van der Waals surface area contributed by atoms with Gasteiger partial charge in [0.2, 0.25) is 5.95 Å². The number of ether oxygens (including phenoxy) is 1. The van der Waals surface area contributed by atoms with Gasteiger partial charge in [0.15, 0.2) is 11.2 Å². The first kappa shape index (κ1) is 20.4. The zero-order chi connectivity index (χ0) is 22.0. The molecule has 3 N–H and O–H groups in total. The average molecular weight is 421 g/mol. The summed E-state index contributed by atoms with van der Waals surface area (Å²) in [7, 11) is 1.52. The van der Waals surface area contributed by atoms with Gasteiger partial charge in [-0.15, -0.1) is 6.58 Å². The van der Waals surface area contributed by atoms with Crippen molar-refractivity contribution in [1.29, 1.82) is 0 Å². The third-order valence-electron chi connectivity index (χ3n) is 4.97. The van der Waals surface area contributed by atoms with Gasteiger partial charge in [-0.1, -0.05) is 36.4 Å². The van der Waals surface area contributed by atoms with Crippen molar-refractivity contribution in [3.05, 3.63) is 76.0 Å². The normalized spacial score (nSPS) is 12.2. The van der Waals surface area contributed by atoms with E-state index in [9.17, 15) is 14.7 Å². The summed E-state index contributed by atoms with van der Waals surface area (Å²) in [4.78, 5) is 31.0. The Labute approximate surface area is 177 Å². The van der Waals surface area contributed by atoms with E-state index in [2.05, 4.69) is 21.9 Å². The van der Waals surface area contributed by atoms with Gasteiger partial charge in [0.1, 0.15) is 18.5 Å². The Hall–Kier alpha value is -3.85. The van der Waals surface area contributed by atoms with Crippen LogP contribution in [0.25, 0.3) is 21.9 Å². The molecule has 4 aromatic rings. The molecule has 0 bridgehead atoms. The first-order valence-electron chi connectivity index (χ1n) is 9.82. The molecule has 0 unspecified atom stereocenters. The number of aromatic amines is 1. The highest BCUT2D eigenvalue weighted by atomic mass is 16.5. The van der Waals surface area contributed by atoms with E-state index in [0.29, 0.717) is 18.2 Å². The summed E-state index contributed by atoms with van der Waals surface area (Å²) in [5.74, 6) is 0.991. The van der Waals surface area contributed by atoms with Gasteiger partial charge in [0.05, 0.1) is 6.54 Å². The molecule has 2 heterocycles. The summed E-state index contributed by atoms with van der Waals surface area (Å²) in [6.07, 6.45) is 0.719. The molecule has 0 saturated heterocycles. The molecule has 160 valence electrons. The van der Waals surface area contributed by atoms with E-state index < -0.39 is 17.4 Å². The molecule has 9 heteroatoms. The van der Waals surface area contributed by atoms with E-state index in [-0.39, 0.29) is 24.3 Å². The van der Waals surface area contributed by atoms with Crippen molar-refractivity contribution in [3.8, 4) is 5.75 Å². The van der Waals surface area contributed by atoms with E-state index in [0.717, 1.165) is 10.8 Å². The average Bonchev–Trinajstić information content (AvgIpc) is 3.13. The second-order valence-electron chi connectivity index (χ2n) is 7.18. The molecular weight excluding hydrogens is 398 g/mol. The summed E-state index contributed by atoms with van der Waals surface area (Å²) < 4.78 is 8.57. The lowest BCUT2D eigenvalue weighted by Crippen LogP contribution is -2.31. The minimum absolute atomic E-state index is 0.0164. The van der Waals surface area contributed by atoms with E-state index in [4.69, 9.17) is 4.74 Å². The molecule has 0 aliphatic carbocycles. The van der Waals surface area contributed by atoms with Crippen molar-refractivity contribution in [2.75, 3.05) is 18.5 Å². The minimum Gasteiger partial charge on any atom is -0.491 e. The molecular formula is C22H23N5O4. The Morgan fingerprint density at radius 2 is 2.03 bits per heavy atom. The standard InChI is InChI=1S/C22H23N5O4/c1-3-10-23-21-24-19-18(20(29)25-22(30)26(19)2)27(21)12-16(28)13-31-17-9-8-14-6-4-5-7-15(14)11-17/h3-9,11,16,28H,1,10,12-13H2,2H3,(H,23,24)(H,25,29,30)/t16-/m0/s1. The van der Waals surface area contributed by atoms with Gasteiger partial charge in [-0.2, -0.15) is 4.98 Å². The monoisotopic (exact) mass is 421 g/mol. The van der Waals surface area contributed by atoms with Crippen molar-refractivity contribution in [1.82, 2.24) is 19.1 Å². The first-order chi connectivity index (χ1) is 15.0. The van der Waals surface area contributed by atoms with Crippen LogP contribution in [0.1, 0.15) is 0 Å². The fraction of sp³-hybridized carbons (Fsp3) is 0.227. The number of aliphatic hydroxyl groups is 1. The number of nitrogens with one attached hydrogen (secondary N) is 2. The predicted molar refractivity (Wildman–Crippen MR) is 120 cm³/mol. The quantitative estimate of drug-likeness (QED) is 0.373. The number of aromatic nitrogens is 4. The fourth-order valence-corrected chi connectivity index (χ4v) is 3.42. The fourth-order valence-electron chi connectivity index (χ4n) is 3.42. The van der Waals surface area contributed by atoms with Crippen LogP contribution in [0.15, 0.2) is 64.7 Å². The Morgan fingerprint density at radius 1 is 1.26 bits per heavy atom. The van der Waals surface area contributed by atoms with Crippen LogP contribution in [-0.4, -0.2) is 43.5 Å². The molecule has 9 nitrogen and oxygen atoms in total. The second-order valence-corrected chi connectivity index (χ2v) is 7.18. The van der Waals surface area contributed by atoms with Crippen LogP contribution < -0.4 is 21.3 Å². The largest absolute Gasteiger partial charge is 0.491 e. The van der Waals surface area contributed by atoms with Crippen LogP contribution in [-0.2, 0) is 13.6 Å². The van der Waals surface area contributed by atoms with Gasteiger partial charge in [0.25, 0.3) is 5.56 Å². The van der Waals surface area contributed by atoms with Crippen molar-refractivity contribution < 1.29 is 9.84 Å². The van der Waals surface area contributed by atoms with Gasteiger partial charge in [-0.3, -0.25) is 14.3 Å². The molecule has 0 aliphatic rings. The highest BCUT2D eigenvalue weighted by Gasteiger charge is 2.19. The third-order valence-corrected chi connectivity index (χ3v) is 4.97. The summed E-state index contributed by atoms with van der Waals surface area (Å²) in [5.41, 5.74) is -0.709. The number of aryl methyl sites for hydroxylation is 1. The number of nitrogens with zero attached hydrogens (tertiary/aromatic N) is 3. The summed E-state index contributed by atoms with van der Waals surface area (Å²) >= 11 is 0. The Bertz CT molecular complexity index is 1370. The summed E-state index contributed by atoms with van der Waals surface area (Å²) in [5, 5.41) is 15.8. The number of rotatable bonds is 8. The smallest absolute Gasteiger partial charge is 0.329 e. The lowest BCUT2D eigenvalue weighted by molar-refractivity contribution is 0.0939. The molecule has 2 aromatic carbocycles. The van der Waals surface area contributed by atoms with E-state index >= 15 is 0 Å². The van der Waals surface area contributed by atoms with Gasteiger partial charge in [0, 0.05) is 13.6 Å². The molecule has 0 radical (unpaired) electrons. The number of anilines is 1. The topological polar surface area (TPSA) is 114 Å². The number of benzene rings is 2. The highest BCUT2D eigenvalue weighted by Crippen LogP contribution is 2.21. The Morgan fingerprint density at radius 3 is 2.81 bits per heavy atom. The van der Waals surface area contributed by atoms with Crippen molar-refractivity contribution in [2.45, 2.75) is 12.6 Å². The lowest BCUT2D eigenvalue weighted by Gasteiger charge is -2.16. The van der Waals surface area contributed by atoms with E-state index in [1.807, 2.05) is 42.5 Å². The summed E-state index contributed by atoms with van der Waals surface area (Å²) in [6.45, 7) is 4.13. The zero-order valence-corrected chi connectivity index (χ0v) is 17.0. The van der Waals surface area contributed by atoms with Crippen molar-refractivity contribution in [3.63, 3.8) is 0 Å². The van der Waals surface area contributed by atoms with Crippen LogP contribution in [0.5, 0.6) is 5.75 Å². The van der Waals surface area contributed by atoms with Gasteiger partial charge >= 0.3 is 5.69 Å². The third kappa shape index (κ3) is 4.08. The molecule has 0 fully saturated rings. The number of aliphatic hydroxyl groups excluding tert-OH is 1. The highest BCUT2D eigenvalue weighted by molar-refractivity contribution is 5.83. The molecule has 31 heavy (non-hydrogen) atoms. The van der Waals surface area contributed by atoms with E-state index in [1.165, 1.54) is 11.6 Å². The minimum atomic E-state index is -0.926. The van der Waals surface area contributed by atoms with Crippen LogP contribution >= 0.6 is 0 Å². The predicted octanol–water partition coefficient (Wildman–Crippen LogP) is 1.61. The number of fused-ring (bicyclic) bond motifs is 2. The van der Waals surface area contributed by atoms with Gasteiger partial charge in [-0.25, -0.2) is 4.79 Å². The number of H-pyrrole nitrogens is 1. The summed E-state index contributed by atoms with van der Waals surface area (Å²) in [6, 6.07) is 13.6. The number of imidazole rings is 1. The molecule has 0 saturated carbocycles. The molecule has 2 aromatic heterocycles. The van der Waals surface area contributed by atoms with Crippen LogP contribution in [0.2, 0.25) is 0 Å². The number of hydrogen-bond donors (Lipinski definition) is 3. The van der Waals surface area contributed by atoms with E-state index in [1.54, 1.807) is 10.6 Å². The maximum absolute atomic E-state index is 12.5. The first-order valence-corrected chi connectivity index (χ1v) is 9.82. The molecule has 1 atom stereocenters. The molecule has 0 amide bonds. The number of hydrogen-bond acceptors (Lipinski definition) is 6. The van der Waals surface area contributed by atoms with Gasteiger partial charge in [-0.05, 0) is 22.9 Å². The molecule has 0 spiro atoms. The maximum Gasteiger partial charge on any atom is 0.329 e. The molecule has 0 aliphatic heterocycles. The van der Waals surface area contributed by atoms with Crippen molar-refractivity contribution >= 4 is 27.9 Å². The van der Waals surface area contributed by atoms with Gasteiger partial charge < -0.3 is 19.7 Å². The SMILES string of the molecule is C=CCNc1nc2c(c(=O)[nH]c(=O)n2C)n1C[C@H](O)COc1ccc2ccccc2c1.